The maximum absolute atomic E-state index is 12.4. The molecule has 0 radical (unpaired) electrons. The molecule has 30 heavy (non-hydrogen) atoms. The van der Waals surface area contributed by atoms with Crippen LogP contribution in [0.2, 0.25) is 0 Å². The fraction of sp³-hybridized carbons (Fsp3) is 0.0833. The number of hydrogen-bond donors (Lipinski definition) is 1. The zero-order chi connectivity index (χ0) is 21.1. The largest absolute Gasteiger partial charge is 0.450 e. The lowest BCUT2D eigenvalue weighted by Gasteiger charge is -2.04. The molecule has 0 unspecified atom stereocenters. The van der Waals surface area contributed by atoms with Gasteiger partial charge in [-0.15, -0.1) is 0 Å². The Bertz CT molecular complexity index is 1140. The Balaban J connectivity index is 1.64. The van der Waals surface area contributed by atoms with Gasteiger partial charge in [0, 0.05) is 11.6 Å². The third kappa shape index (κ3) is 4.78. The molecular formula is C24H19BrN2O2S. The van der Waals surface area contributed by atoms with Gasteiger partial charge in [-0.3, -0.25) is 10.1 Å². The van der Waals surface area contributed by atoms with Gasteiger partial charge in [0.15, 0.2) is 9.80 Å². The molecule has 2 heterocycles. The number of aromatic nitrogens is 1. The molecule has 4 rings (SSSR count). The number of carbonyl (C=O) groups excluding carboxylic acids is 1. The van der Waals surface area contributed by atoms with Crippen LogP contribution < -0.4 is 5.32 Å². The lowest BCUT2D eigenvalue weighted by Crippen LogP contribution is -2.07. The summed E-state index contributed by atoms with van der Waals surface area (Å²) in [6.45, 7) is 4.12. The second-order valence-electron chi connectivity index (χ2n) is 6.89. The van der Waals surface area contributed by atoms with E-state index in [9.17, 15) is 4.79 Å². The summed E-state index contributed by atoms with van der Waals surface area (Å²) in [5.74, 6) is 0.332. The van der Waals surface area contributed by atoms with E-state index >= 15 is 0 Å². The Morgan fingerprint density at radius 3 is 2.20 bits per heavy atom. The Kier molecular flexibility index (Phi) is 5.97. The van der Waals surface area contributed by atoms with Gasteiger partial charge in [-0.25, -0.2) is 4.98 Å². The second kappa shape index (κ2) is 8.81. The van der Waals surface area contributed by atoms with Gasteiger partial charge in [0.2, 0.25) is 5.91 Å². The zero-order valence-corrected chi connectivity index (χ0v) is 18.9. The van der Waals surface area contributed by atoms with Gasteiger partial charge < -0.3 is 4.42 Å². The van der Waals surface area contributed by atoms with E-state index < -0.39 is 0 Å². The molecule has 0 fully saturated rings. The number of benzene rings is 2. The van der Waals surface area contributed by atoms with E-state index in [-0.39, 0.29) is 5.91 Å². The quantitative estimate of drug-likeness (QED) is 0.311. The highest BCUT2D eigenvalue weighted by molar-refractivity contribution is 9.10. The first-order valence-electron chi connectivity index (χ1n) is 9.37. The average molecular weight is 479 g/mol. The molecule has 1 amide bonds. The van der Waals surface area contributed by atoms with Crippen molar-refractivity contribution in [3.8, 4) is 21.7 Å². The van der Waals surface area contributed by atoms with Crippen molar-refractivity contribution >= 4 is 44.4 Å². The maximum atomic E-state index is 12.4. The topological polar surface area (TPSA) is 55.1 Å². The Morgan fingerprint density at radius 1 is 0.967 bits per heavy atom. The van der Waals surface area contributed by atoms with E-state index in [4.69, 9.17) is 9.40 Å². The van der Waals surface area contributed by atoms with Crippen LogP contribution in [0.3, 0.4) is 0 Å². The van der Waals surface area contributed by atoms with Crippen LogP contribution in [0.25, 0.3) is 27.8 Å². The van der Waals surface area contributed by atoms with Crippen LogP contribution in [-0.2, 0) is 4.79 Å². The van der Waals surface area contributed by atoms with Gasteiger partial charge >= 0.3 is 0 Å². The highest BCUT2D eigenvalue weighted by Crippen LogP contribution is 2.39. The smallest absolute Gasteiger partial charge is 0.250 e. The molecule has 0 bridgehead atoms. The Hall–Kier alpha value is -2.96. The fourth-order valence-corrected chi connectivity index (χ4v) is 4.22. The number of furan rings is 1. The second-order valence-corrected chi connectivity index (χ2v) is 8.67. The lowest BCUT2D eigenvalue weighted by molar-refractivity contribution is -0.111. The van der Waals surface area contributed by atoms with Crippen molar-refractivity contribution in [3.63, 3.8) is 0 Å². The molecular weight excluding hydrogens is 460 g/mol. The number of thiazole rings is 1. The summed E-state index contributed by atoms with van der Waals surface area (Å²) >= 11 is 4.71. The molecule has 0 aliphatic heterocycles. The van der Waals surface area contributed by atoms with Crippen LogP contribution in [0.5, 0.6) is 0 Å². The van der Waals surface area contributed by atoms with Gasteiger partial charge in [0.1, 0.15) is 5.76 Å². The average Bonchev–Trinajstić information content (AvgIpc) is 3.34. The first-order chi connectivity index (χ1) is 14.5. The third-order valence-corrected chi connectivity index (χ3v) is 5.94. The van der Waals surface area contributed by atoms with Crippen LogP contribution >= 0.6 is 27.3 Å². The van der Waals surface area contributed by atoms with Gasteiger partial charge in [-0.2, -0.15) is 0 Å². The molecule has 0 aliphatic rings. The fourth-order valence-electron chi connectivity index (χ4n) is 2.90. The summed E-state index contributed by atoms with van der Waals surface area (Å²) in [6.07, 6.45) is 3.05. The SMILES string of the molecule is Cc1ccc(-c2nc(NC(=O)C=Cc3ccc(Br)o3)sc2-c2ccc(C)cc2)cc1. The highest BCUT2D eigenvalue weighted by Gasteiger charge is 2.16. The van der Waals surface area contributed by atoms with E-state index in [1.165, 1.54) is 28.5 Å². The van der Waals surface area contributed by atoms with Gasteiger partial charge in [0.25, 0.3) is 0 Å². The van der Waals surface area contributed by atoms with Crippen LogP contribution in [0.4, 0.5) is 5.13 Å². The van der Waals surface area contributed by atoms with Crippen molar-refractivity contribution in [3.05, 3.63) is 88.3 Å². The molecule has 150 valence electrons. The number of aryl methyl sites for hydroxylation is 2. The predicted octanol–water partition coefficient (Wildman–Crippen LogP) is 7.10. The van der Waals surface area contributed by atoms with Crippen molar-refractivity contribution in [2.45, 2.75) is 13.8 Å². The number of halogens is 1. The Labute approximate surface area is 187 Å². The zero-order valence-electron chi connectivity index (χ0n) is 16.5. The summed E-state index contributed by atoms with van der Waals surface area (Å²) < 4.78 is 6.00. The van der Waals surface area contributed by atoms with E-state index in [1.807, 2.05) is 0 Å². The molecule has 0 saturated carbocycles. The molecule has 2 aromatic carbocycles. The summed E-state index contributed by atoms with van der Waals surface area (Å²) in [5, 5.41) is 3.42. The number of rotatable bonds is 5. The van der Waals surface area contributed by atoms with E-state index in [2.05, 4.69) is 83.6 Å². The number of amides is 1. The predicted molar refractivity (Wildman–Crippen MR) is 127 cm³/mol. The lowest BCUT2D eigenvalue weighted by atomic mass is 10.0. The van der Waals surface area contributed by atoms with Crippen molar-refractivity contribution < 1.29 is 9.21 Å². The number of anilines is 1. The molecule has 4 aromatic rings. The third-order valence-electron chi connectivity index (χ3n) is 4.49. The molecule has 1 N–H and O–H groups in total. The first kappa shape index (κ1) is 20.3. The first-order valence-corrected chi connectivity index (χ1v) is 11.0. The van der Waals surface area contributed by atoms with Crippen molar-refractivity contribution in [2.24, 2.45) is 0 Å². The van der Waals surface area contributed by atoms with Crippen molar-refractivity contribution in [1.82, 2.24) is 4.98 Å². The van der Waals surface area contributed by atoms with Crippen LogP contribution in [0.15, 0.2) is 75.8 Å². The van der Waals surface area contributed by atoms with Gasteiger partial charge in [-0.05, 0) is 53.5 Å². The highest BCUT2D eigenvalue weighted by atomic mass is 79.9. The number of carbonyl (C=O) groups is 1. The van der Waals surface area contributed by atoms with Gasteiger partial charge in [-0.1, -0.05) is 71.0 Å². The maximum Gasteiger partial charge on any atom is 0.250 e. The minimum atomic E-state index is -0.262. The van der Waals surface area contributed by atoms with Crippen LogP contribution in [0, 0.1) is 13.8 Å². The summed E-state index contributed by atoms with van der Waals surface area (Å²) in [6, 6.07) is 20.1. The standard InChI is InChI=1S/C24H19BrN2O2S/c1-15-3-7-17(8-4-15)22-23(18-9-5-16(2)6-10-18)30-24(27-22)26-21(28)14-12-19-11-13-20(25)29-19/h3-14H,1-2H3,(H,26,27,28). The molecule has 0 spiro atoms. The summed E-state index contributed by atoms with van der Waals surface area (Å²) in [7, 11) is 0. The molecule has 6 heteroatoms. The summed E-state index contributed by atoms with van der Waals surface area (Å²) in [5.41, 5.74) is 5.34. The van der Waals surface area contributed by atoms with Crippen molar-refractivity contribution in [2.75, 3.05) is 5.32 Å². The molecule has 0 atom stereocenters. The summed E-state index contributed by atoms with van der Waals surface area (Å²) in [4.78, 5) is 18.1. The minimum absolute atomic E-state index is 0.262. The molecule has 4 nitrogen and oxygen atoms in total. The van der Waals surface area contributed by atoms with Crippen LogP contribution in [-0.4, -0.2) is 10.9 Å². The minimum Gasteiger partial charge on any atom is -0.450 e. The van der Waals surface area contributed by atoms with Crippen LogP contribution in [0.1, 0.15) is 16.9 Å². The van der Waals surface area contributed by atoms with Gasteiger partial charge in [0.05, 0.1) is 10.6 Å². The molecule has 0 saturated heterocycles. The number of hydrogen-bond acceptors (Lipinski definition) is 4. The normalized spacial score (nSPS) is 11.2. The number of nitrogens with one attached hydrogen (secondary N) is 1. The van der Waals surface area contributed by atoms with E-state index in [0.29, 0.717) is 15.6 Å². The van der Waals surface area contributed by atoms with E-state index in [1.54, 1.807) is 18.2 Å². The Morgan fingerprint density at radius 2 is 1.60 bits per heavy atom. The monoisotopic (exact) mass is 478 g/mol. The van der Waals surface area contributed by atoms with E-state index in [0.717, 1.165) is 21.7 Å². The molecule has 0 aliphatic carbocycles. The number of nitrogens with zero attached hydrogens (tertiary/aromatic N) is 1. The van der Waals surface area contributed by atoms with Crippen molar-refractivity contribution in [1.29, 1.82) is 0 Å². The molecule has 2 aromatic heterocycles.